The largest absolute Gasteiger partial charge is 0.326 e. The number of benzene rings is 2. The molecule has 1 amide bonds. The minimum atomic E-state index is -3.39. The van der Waals surface area contributed by atoms with Crippen LogP contribution in [0.2, 0.25) is 0 Å². The van der Waals surface area contributed by atoms with Crippen molar-refractivity contribution in [2.75, 3.05) is 11.1 Å². The highest BCUT2D eigenvalue weighted by Gasteiger charge is 2.15. The summed E-state index contributed by atoms with van der Waals surface area (Å²) in [4.78, 5) is 23.6. The third kappa shape index (κ3) is 5.53. The lowest BCUT2D eigenvalue weighted by atomic mass is 10.1. The molecule has 2 aromatic carbocycles. The Morgan fingerprint density at radius 3 is 2.36 bits per heavy atom. The number of amides is 1. The molecule has 6 heteroatoms. The van der Waals surface area contributed by atoms with E-state index in [9.17, 15) is 18.0 Å². The highest BCUT2D eigenvalue weighted by atomic mass is 32.2. The van der Waals surface area contributed by atoms with Crippen molar-refractivity contribution >= 4 is 27.2 Å². The van der Waals surface area contributed by atoms with Gasteiger partial charge in [0, 0.05) is 17.7 Å². The van der Waals surface area contributed by atoms with Crippen molar-refractivity contribution in [3.8, 4) is 0 Å². The zero-order valence-electron chi connectivity index (χ0n) is 14.3. The summed E-state index contributed by atoms with van der Waals surface area (Å²) in [5, 5.41) is 2.68. The van der Waals surface area contributed by atoms with Crippen LogP contribution in [-0.2, 0) is 14.6 Å². The number of Topliss-reactive ketones (excluding diaryl/α,β-unsaturated/α-hetero) is 1. The smallest absolute Gasteiger partial charge is 0.224 e. The van der Waals surface area contributed by atoms with Crippen molar-refractivity contribution in [1.82, 2.24) is 0 Å². The Hall–Kier alpha value is -2.47. The van der Waals surface area contributed by atoms with E-state index in [0.29, 0.717) is 11.3 Å². The first kappa shape index (κ1) is 18.9. The van der Waals surface area contributed by atoms with Gasteiger partial charge in [-0.15, -0.1) is 0 Å². The first-order valence-electron chi connectivity index (χ1n) is 7.98. The number of hydrogen-bond donors (Lipinski definition) is 1. The van der Waals surface area contributed by atoms with Gasteiger partial charge in [0.1, 0.15) is 0 Å². The predicted octanol–water partition coefficient (Wildman–Crippen LogP) is 3.39. The maximum Gasteiger partial charge on any atom is 0.224 e. The fourth-order valence-electron chi connectivity index (χ4n) is 2.33. The molecule has 0 heterocycles. The van der Waals surface area contributed by atoms with Crippen molar-refractivity contribution in [2.24, 2.45) is 0 Å². The molecule has 0 saturated heterocycles. The molecule has 0 aliphatic heterocycles. The van der Waals surface area contributed by atoms with Crippen LogP contribution in [0.15, 0.2) is 53.4 Å². The van der Waals surface area contributed by atoms with Crippen LogP contribution < -0.4 is 5.32 Å². The van der Waals surface area contributed by atoms with E-state index in [-0.39, 0.29) is 35.2 Å². The van der Waals surface area contributed by atoms with Gasteiger partial charge in [-0.05, 0) is 44.5 Å². The molecule has 0 aliphatic rings. The van der Waals surface area contributed by atoms with Gasteiger partial charge < -0.3 is 5.32 Å². The van der Waals surface area contributed by atoms with Crippen molar-refractivity contribution in [1.29, 1.82) is 0 Å². The Balaban J connectivity index is 1.89. The van der Waals surface area contributed by atoms with Gasteiger partial charge in [0.05, 0.1) is 10.6 Å². The monoisotopic (exact) mass is 359 g/mol. The van der Waals surface area contributed by atoms with Gasteiger partial charge in [0.25, 0.3) is 0 Å². The SMILES string of the molecule is CC(=O)c1cccc(NC(=O)CCCS(=O)(=O)c2ccc(C)cc2)c1. The normalized spacial score (nSPS) is 11.1. The fourth-order valence-corrected chi connectivity index (χ4v) is 3.64. The molecule has 0 aromatic heterocycles. The Kier molecular flexibility index (Phi) is 6.09. The molecule has 0 radical (unpaired) electrons. The number of carbonyl (C=O) groups excluding carboxylic acids is 2. The van der Waals surface area contributed by atoms with E-state index in [1.54, 1.807) is 48.5 Å². The number of aryl methyl sites for hydroxylation is 1. The average molecular weight is 359 g/mol. The number of hydrogen-bond acceptors (Lipinski definition) is 4. The van der Waals surface area contributed by atoms with Gasteiger partial charge in [-0.25, -0.2) is 8.42 Å². The molecule has 1 N–H and O–H groups in total. The number of anilines is 1. The topological polar surface area (TPSA) is 80.3 Å². The Morgan fingerprint density at radius 1 is 1.04 bits per heavy atom. The molecule has 0 spiro atoms. The van der Waals surface area contributed by atoms with Crippen LogP contribution in [0.4, 0.5) is 5.69 Å². The van der Waals surface area contributed by atoms with Crippen LogP contribution in [-0.4, -0.2) is 25.9 Å². The van der Waals surface area contributed by atoms with Crippen molar-refractivity contribution in [2.45, 2.75) is 31.6 Å². The second-order valence-electron chi connectivity index (χ2n) is 5.92. The Bertz CT molecular complexity index is 871. The fraction of sp³-hybridized carbons (Fsp3) is 0.263. The number of carbonyl (C=O) groups is 2. The molecular formula is C19H21NO4S. The number of sulfone groups is 1. The minimum absolute atomic E-state index is 0.0831. The third-order valence-electron chi connectivity index (χ3n) is 3.75. The molecular weight excluding hydrogens is 338 g/mol. The Labute approximate surface area is 148 Å². The van der Waals surface area contributed by atoms with Crippen molar-refractivity contribution in [3.63, 3.8) is 0 Å². The van der Waals surface area contributed by atoms with E-state index < -0.39 is 9.84 Å². The maximum atomic E-state index is 12.2. The molecule has 132 valence electrons. The van der Waals surface area contributed by atoms with Crippen LogP contribution in [0.25, 0.3) is 0 Å². The lowest BCUT2D eigenvalue weighted by Crippen LogP contribution is -2.14. The summed E-state index contributed by atoms with van der Waals surface area (Å²) in [6, 6.07) is 13.3. The highest BCUT2D eigenvalue weighted by Crippen LogP contribution is 2.15. The molecule has 0 fully saturated rings. The summed E-state index contributed by atoms with van der Waals surface area (Å²) in [6.45, 7) is 3.35. The van der Waals surface area contributed by atoms with Gasteiger partial charge in [-0.1, -0.05) is 29.8 Å². The van der Waals surface area contributed by atoms with Gasteiger partial charge in [-0.2, -0.15) is 0 Å². The summed E-state index contributed by atoms with van der Waals surface area (Å²) < 4.78 is 24.5. The summed E-state index contributed by atoms with van der Waals surface area (Å²) >= 11 is 0. The van der Waals surface area contributed by atoms with Crippen molar-refractivity contribution in [3.05, 3.63) is 59.7 Å². The van der Waals surface area contributed by atoms with Gasteiger partial charge in [0.15, 0.2) is 15.6 Å². The zero-order valence-corrected chi connectivity index (χ0v) is 15.1. The van der Waals surface area contributed by atoms with Crippen LogP contribution >= 0.6 is 0 Å². The standard InChI is InChI=1S/C19H21NO4S/c1-14-8-10-18(11-9-14)25(23,24)12-4-7-19(22)20-17-6-3-5-16(13-17)15(2)21/h3,5-6,8-11,13H,4,7,12H2,1-2H3,(H,20,22). The molecule has 0 aliphatic carbocycles. The van der Waals surface area contributed by atoms with Gasteiger partial charge >= 0.3 is 0 Å². The summed E-state index contributed by atoms with van der Waals surface area (Å²) in [5.74, 6) is -0.447. The summed E-state index contributed by atoms with van der Waals surface area (Å²) in [7, 11) is -3.39. The van der Waals surface area contributed by atoms with E-state index in [0.717, 1.165) is 5.56 Å². The van der Waals surface area contributed by atoms with Gasteiger partial charge in [0.2, 0.25) is 5.91 Å². The molecule has 5 nitrogen and oxygen atoms in total. The molecule has 0 unspecified atom stereocenters. The quantitative estimate of drug-likeness (QED) is 0.769. The van der Waals surface area contributed by atoms with E-state index in [1.807, 2.05) is 6.92 Å². The zero-order chi connectivity index (χ0) is 18.4. The molecule has 2 aromatic rings. The van der Waals surface area contributed by atoms with Crippen LogP contribution in [0.3, 0.4) is 0 Å². The number of rotatable bonds is 7. The van der Waals surface area contributed by atoms with E-state index in [4.69, 9.17) is 0 Å². The second-order valence-corrected chi connectivity index (χ2v) is 8.03. The molecule has 0 saturated carbocycles. The van der Waals surface area contributed by atoms with E-state index in [2.05, 4.69) is 5.32 Å². The van der Waals surface area contributed by atoms with Gasteiger partial charge in [-0.3, -0.25) is 9.59 Å². The maximum absolute atomic E-state index is 12.2. The van der Waals surface area contributed by atoms with Crippen LogP contribution in [0.1, 0.15) is 35.7 Å². The molecule has 0 atom stereocenters. The average Bonchev–Trinajstić information content (AvgIpc) is 2.55. The molecule has 2 rings (SSSR count). The minimum Gasteiger partial charge on any atom is -0.326 e. The van der Waals surface area contributed by atoms with Crippen molar-refractivity contribution < 1.29 is 18.0 Å². The van der Waals surface area contributed by atoms with Crippen LogP contribution in [0.5, 0.6) is 0 Å². The summed E-state index contributed by atoms with van der Waals surface area (Å²) in [5.41, 5.74) is 2.03. The van der Waals surface area contributed by atoms with Crippen LogP contribution in [0, 0.1) is 6.92 Å². The predicted molar refractivity (Wildman–Crippen MR) is 97.5 cm³/mol. The highest BCUT2D eigenvalue weighted by molar-refractivity contribution is 7.91. The third-order valence-corrected chi connectivity index (χ3v) is 5.57. The first-order chi connectivity index (χ1) is 11.8. The first-order valence-corrected chi connectivity index (χ1v) is 9.63. The van der Waals surface area contributed by atoms with E-state index >= 15 is 0 Å². The molecule has 25 heavy (non-hydrogen) atoms. The second kappa shape index (κ2) is 8.07. The lowest BCUT2D eigenvalue weighted by molar-refractivity contribution is -0.116. The lowest BCUT2D eigenvalue weighted by Gasteiger charge is -2.07. The Morgan fingerprint density at radius 2 is 1.72 bits per heavy atom. The number of ketones is 1. The number of nitrogens with one attached hydrogen (secondary N) is 1. The van der Waals surface area contributed by atoms with E-state index in [1.165, 1.54) is 6.92 Å². The molecule has 0 bridgehead atoms. The summed E-state index contributed by atoms with van der Waals surface area (Å²) in [6.07, 6.45) is 0.323.